The van der Waals surface area contributed by atoms with E-state index in [-0.39, 0.29) is 35.8 Å². The lowest BCUT2D eigenvalue weighted by atomic mass is 10.2. The molecule has 2 aromatic heterocycles. The molecular formula is C23H16F2N6O2. The number of carbonyl (C=O) groups is 1. The number of aryl methyl sites for hydroxylation is 1. The van der Waals surface area contributed by atoms with Gasteiger partial charge < -0.3 is 10.3 Å². The number of benzene rings is 3. The number of H-pyrrole nitrogens is 1. The minimum Gasteiger partial charge on any atom is -0.338 e. The summed E-state index contributed by atoms with van der Waals surface area (Å²) >= 11 is 0. The first-order chi connectivity index (χ1) is 16.0. The van der Waals surface area contributed by atoms with E-state index in [0.29, 0.717) is 27.6 Å². The Morgan fingerprint density at radius 3 is 2.76 bits per heavy atom. The molecule has 0 aliphatic rings. The van der Waals surface area contributed by atoms with Crippen LogP contribution in [0.2, 0.25) is 0 Å². The molecule has 0 bridgehead atoms. The van der Waals surface area contributed by atoms with Crippen molar-refractivity contribution >= 4 is 33.5 Å². The summed E-state index contributed by atoms with van der Waals surface area (Å²) in [5.41, 5.74) is 1.75. The minimum atomic E-state index is -0.601. The fourth-order valence-electron chi connectivity index (χ4n) is 3.49. The Kier molecular flexibility index (Phi) is 5.09. The van der Waals surface area contributed by atoms with Crippen molar-refractivity contribution in [3.63, 3.8) is 0 Å². The zero-order valence-corrected chi connectivity index (χ0v) is 17.0. The molecule has 2 heterocycles. The second kappa shape index (κ2) is 8.23. The van der Waals surface area contributed by atoms with Gasteiger partial charge in [-0.1, -0.05) is 17.3 Å². The highest BCUT2D eigenvalue weighted by Gasteiger charge is 2.13. The van der Waals surface area contributed by atoms with E-state index in [0.717, 1.165) is 22.9 Å². The van der Waals surface area contributed by atoms with Gasteiger partial charge in [-0.3, -0.25) is 9.59 Å². The maximum atomic E-state index is 14.1. The van der Waals surface area contributed by atoms with E-state index in [1.165, 1.54) is 0 Å². The van der Waals surface area contributed by atoms with Crippen LogP contribution in [-0.2, 0) is 11.3 Å². The number of carbonyl (C=O) groups excluding carboxylic acids is 1. The zero-order chi connectivity index (χ0) is 22.9. The van der Waals surface area contributed by atoms with Crippen molar-refractivity contribution in [1.29, 1.82) is 0 Å². The summed E-state index contributed by atoms with van der Waals surface area (Å²) in [6.45, 7) is 0.0673. The van der Waals surface area contributed by atoms with Gasteiger partial charge in [0.1, 0.15) is 23.0 Å². The van der Waals surface area contributed by atoms with Crippen LogP contribution in [0.3, 0.4) is 0 Å². The summed E-state index contributed by atoms with van der Waals surface area (Å²) in [5.74, 6) is -1.32. The van der Waals surface area contributed by atoms with E-state index >= 15 is 0 Å². The Morgan fingerprint density at radius 1 is 1.03 bits per heavy atom. The van der Waals surface area contributed by atoms with Crippen molar-refractivity contribution in [2.75, 3.05) is 5.32 Å². The molecule has 0 saturated heterocycles. The van der Waals surface area contributed by atoms with Crippen molar-refractivity contribution in [1.82, 2.24) is 25.0 Å². The van der Waals surface area contributed by atoms with Gasteiger partial charge in [-0.2, -0.15) is 0 Å². The lowest BCUT2D eigenvalue weighted by molar-refractivity contribution is -0.116. The van der Waals surface area contributed by atoms with Crippen LogP contribution in [0.4, 0.5) is 14.5 Å². The van der Waals surface area contributed by atoms with E-state index in [9.17, 15) is 18.4 Å². The number of hydrogen-bond donors (Lipinski definition) is 2. The van der Waals surface area contributed by atoms with Crippen LogP contribution >= 0.6 is 0 Å². The molecule has 0 saturated carbocycles. The molecule has 0 unspecified atom stereocenters. The SMILES string of the molecule is O=C(CCn1nnc2ccccc2c1=O)Nc1ccc2nc(-c3cc(F)ccc3F)[nH]c2c1. The number of imidazole rings is 1. The lowest BCUT2D eigenvalue weighted by Gasteiger charge is -2.06. The van der Waals surface area contributed by atoms with Gasteiger partial charge in [-0.15, -0.1) is 5.10 Å². The zero-order valence-electron chi connectivity index (χ0n) is 17.0. The Bertz CT molecular complexity index is 1580. The average molecular weight is 446 g/mol. The molecular weight excluding hydrogens is 430 g/mol. The fourth-order valence-corrected chi connectivity index (χ4v) is 3.49. The van der Waals surface area contributed by atoms with Gasteiger partial charge in [0.05, 0.1) is 28.5 Å². The van der Waals surface area contributed by atoms with Crippen molar-refractivity contribution in [2.24, 2.45) is 0 Å². The van der Waals surface area contributed by atoms with Crippen molar-refractivity contribution < 1.29 is 13.6 Å². The topological polar surface area (TPSA) is 106 Å². The average Bonchev–Trinajstić information content (AvgIpc) is 3.23. The predicted octanol–water partition coefficient (Wildman–Crippen LogP) is 3.64. The summed E-state index contributed by atoms with van der Waals surface area (Å²) in [5, 5.41) is 11.1. The molecule has 164 valence electrons. The molecule has 0 aliphatic carbocycles. The first-order valence-corrected chi connectivity index (χ1v) is 10.1. The van der Waals surface area contributed by atoms with E-state index in [1.54, 1.807) is 42.5 Å². The molecule has 8 nitrogen and oxygen atoms in total. The Morgan fingerprint density at radius 2 is 1.88 bits per heavy atom. The van der Waals surface area contributed by atoms with Gasteiger partial charge in [0.25, 0.3) is 5.56 Å². The number of anilines is 1. The second-order valence-electron chi connectivity index (χ2n) is 7.37. The number of hydrogen-bond acceptors (Lipinski definition) is 5. The summed E-state index contributed by atoms with van der Waals surface area (Å²) in [6, 6.07) is 14.9. The molecule has 5 rings (SSSR count). The van der Waals surface area contributed by atoms with Crippen molar-refractivity contribution in [3.05, 3.63) is 82.7 Å². The van der Waals surface area contributed by atoms with Crippen LogP contribution in [0.5, 0.6) is 0 Å². The van der Waals surface area contributed by atoms with Gasteiger partial charge in [0.2, 0.25) is 5.91 Å². The maximum Gasteiger partial charge on any atom is 0.277 e. The monoisotopic (exact) mass is 446 g/mol. The summed E-state index contributed by atoms with van der Waals surface area (Å²) in [4.78, 5) is 32.1. The minimum absolute atomic E-state index is 0.00763. The van der Waals surface area contributed by atoms with Gasteiger partial charge in [-0.25, -0.2) is 18.4 Å². The third-order valence-electron chi connectivity index (χ3n) is 5.13. The first kappa shape index (κ1) is 20.4. The molecule has 33 heavy (non-hydrogen) atoms. The molecule has 3 aromatic carbocycles. The van der Waals surface area contributed by atoms with Crippen LogP contribution in [0, 0.1) is 11.6 Å². The van der Waals surface area contributed by atoms with Crippen molar-refractivity contribution in [3.8, 4) is 11.4 Å². The molecule has 1 amide bonds. The van der Waals surface area contributed by atoms with Crippen LogP contribution in [-0.4, -0.2) is 30.9 Å². The van der Waals surface area contributed by atoms with Gasteiger partial charge in [0.15, 0.2) is 0 Å². The lowest BCUT2D eigenvalue weighted by Crippen LogP contribution is -2.26. The maximum absolute atomic E-state index is 14.1. The van der Waals surface area contributed by atoms with E-state index in [1.807, 2.05) is 0 Å². The predicted molar refractivity (Wildman–Crippen MR) is 118 cm³/mol. The molecule has 10 heteroatoms. The molecule has 0 spiro atoms. The van der Waals surface area contributed by atoms with E-state index in [4.69, 9.17) is 0 Å². The number of amides is 1. The fraction of sp³-hybridized carbons (Fsp3) is 0.0870. The molecule has 5 aromatic rings. The molecule has 0 fully saturated rings. The summed E-state index contributed by atoms with van der Waals surface area (Å²) < 4.78 is 28.7. The highest BCUT2D eigenvalue weighted by Crippen LogP contribution is 2.25. The summed E-state index contributed by atoms with van der Waals surface area (Å²) in [7, 11) is 0. The molecule has 2 N–H and O–H groups in total. The van der Waals surface area contributed by atoms with Crippen LogP contribution in [0.25, 0.3) is 33.3 Å². The smallest absolute Gasteiger partial charge is 0.277 e. The Hall–Kier alpha value is -4.47. The number of halogens is 2. The van der Waals surface area contributed by atoms with Gasteiger partial charge in [0, 0.05) is 12.1 Å². The third kappa shape index (κ3) is 4.05. The normalized spacial score (nSPS) is 11.2. The second-order valence-corrected chi connectivity index (χ2v) is 7.37. The van der Waals surface area contributed by atoms with Crippen LogP contribution in [0.1, 0.15) is 6.42 Å². The number of rotatable bonds is 5. The highest BCUT2D eigenvalue weighted by atomic mass is 19.1. The number of nitrogens with zero attached hydrogens (tertiary/aromatic N) is 4. The van der Waals surface area contributed by atoms with E-state index < -0.39 is 11.6 Å². The number of nitrogens with one attached hydrogen (secondary N) is 2. The third-order valence-corrected chi connectivity index (χ3v) is 5.13. The standard InChI is InChI=1S/C23H16F2N6O2/c24-13-5-7-17(25)16(11-13)22-27-19-8-6-14(12-20(19)28-22)26-21(32)9-10-31-23(33)15-3-1-2-4-18(15)29-30-31/h1-8,11-12H,9-10H2,(H,26,32)(H,27,28). The van der Waals surface area contributed by atoms with E-state index in [2.05, 4.69) is 25.6 Å². The Labute approximate surface area is 184 Å². The summed E-state index contributed by atoms with van der Waals surface area (Å²) in [6.07, 6.45) is 0.00763. The molecule has 0 radical (unpaired) electrons. The largest absolute Gasteiger partial charge is 0.338 e. The first-order valence-electron chi connectivity index (χ1n) is 10.1. The number of aromatic nitrogens is 5. The number of aromatic amines is 1. The van der Waals surface area contributed by atoms with Crippen molar-refractivity contribution in [2.45, 2.75) is 13.0 Å². The van der Waals surface area contributed by atoms with Crippen LogP contribution in [0.15, 0.2) is 65.5 Å². The number of fused-ring (bicyclic) bond motifs is 2. The van der Waals surface area contributed by atoms with Gasteiger partial charge >= 0.3 is 0 Å². The molecule has 0 aliphatic heterocycles. The Balaban J connectivity index is 1.31. The quantitative estimate of drug-likeness (QED) is 0.429. The molecule has 0 atom stereocenters. The van der Waals surface area contributed by atoms with Gasteiger partial charge in [-0.05, 0) is 48.5 Å². The highest BCUT2D eigenvalue weighted by molar-refractivity contribution is 5.93. The van der Waals surface area contributed by atoms with Crippen LogP contribution < -0.4 is 10.9 Å².